The molecular formula is C9H12ClNO. The van der Waals surface area contributed by atoms with Crippen molar-refractivity contribution in [2.24, 2.45) is 5.73 Å². The molecule has 0 aliphatic carbocycles. The molecule has 0 heterocycles. The van der Waals surface area contributed by atoms with Crippen LogP contribution < -0.4 is 5.73 Å². The Balaban J connectivity index is 3.04. The summed E-state index contributed by atoms with van der Waals surface area (Å²) in [5.74, 6) is 0. The summed E-state index contributed by atoms with van der Waals surface area (Å²) in [6.07, 6.45) is 0. The van der Waals surface area contributed by atoms with Gasteiger partial charge in [0, 0.05) is 5.02 Å². The summed E-state index contributed by atoms with van der Waals surface area (Å²) in [5.41, 5.74) is 7.53. The molecule has 0 saturated heterocycles. The maximum Gasteiger partial charge on any atom is 0.0624 e. The normalized spacial score (nSPS) is 13.0. The van der Waals surface area contributed by atoms with Gasteiger partial charge in [-0.1, -0.05) is 29.3 Å². The molecule has 0 bridgehead atoms. The zero-order valence-corrected chi connectivity index (χ0v) is 7.67. The average Bonchev–Trinajstić information content (AvgIpc) is 2.08. The van der Waals surface area contributed by atoms with E-state index in [1.54, 1.807) is 6.07 Å². The first-order valence-electron chi connectivity index (χ1n) is 3.77. The van der Waals surface area contributed by atoms with E-state index in [1.807, 2.05) is 19.1 Å². The zero-order chi connectivity index (χ0) is 9.14. The molecule has 2 nitrogen and oxygen atoms in total. The minimum absolute atomic E-state index is 0.0802. The van der Waals surface area contributed by atoms with Crippen molar-refractivity contribution in [2.45, 2.75) is 13.0 Å². The Kier molecular flexibility index (Phi) is 3.09. The van der Waals surface area contributed by atoms with Crippen LogP contribution in [0.5, 0.6) is 0 Å². The minimum Gasteiger partial charge on any atom is -0.394 e. The van der Waals surface area contributed by atoms with Crippen LogP contribution in [0.15, 0.2) is 18.2 Å². The number of aliphatic hydroxyl groups is 1. The third-order valence-electron chi connectivity index (χ3n) is 1.75. The Morgan fingerprint density at radius 3 is 2.83 bits per heavy atom. The third-order valence-corrected chi connectivity index (χ3v) is 2.09. The zero-order valence-electron chi connectivity index (χ0n) is 6.92. The van der Waals surface area contributed by atoms with E-state index in [-0.39, 0.29) is 12.6 Å². The first kappa shape index (κ1) is 9.52. The Morgan fingerprint density at radius 2 is 2.25 bits per heavy atom. The lowest BCUT2D eigenvalue weighted by atomic mass is 10.1. The van der Waals surface area contributed by atoms with Crippen LogP contribution in [0, 0.1) is 6.92 Å². The van der Waals surface area contributed by atoms with E-state index in [4.69, 9.17) is 22.4 Å². The molecule has 12 heavy (non-hydrogen) atoms. The second-order valence-corrected chi connectivity index (χ2v) is 3.22. The predicted octanol–water partition coefficient (Wildman–Crippen LogP) is 1.64. The van der Waals surface area contributed by atoms with Crippen LogP contribution in [0.3, 0.4) is 0 Å². The molecule has 0 unspecified atom stereocenters. The van der Waals surface area contributed by atoms with Crippen LogP contribution in [0.4, 0.5) is 0 Å². The molecule has 1 atom stereocenters. The third kappa shape index (κ3) is 1.97. The highest BCUT2D eigenvalue weighted by Gasteiger charge is 2.08. The number of hydrogen-bond acceptors (Lipinski definition) is 2. The van der Waals surface area contributed by atoms with E-state index in [0.717, 1.165) is 11.1 Å². The van der Waals surface area contributed by atoms with Crippen molar-refractivity contribution in [2.75, 3.05) is 6.61 Å². The lowest BCUT2D eigenvalue weighted by molar-refractivity contribution is 0.268. The molecule has 1 aromatic carbocycles. The van der Waals surface area contributed by atoms with Crippen LogP contribution >= 0.6 is 11.6 Å². The fraction of sp³-hybridized carbons (Fsp3) is 0.333. The lowest BCUT2D eigenvalue weighted by Gasteiger charge is -2.10. The summed E-state index contributed by atoms with van der Waals surface area (Å²) < 4.78 is 0. The van der Waals surface area contributed by atoms with Gasteiger partial charge in [-0.3, -0.25) is 0 Å². The molecule has 0 radical (unpaired) electrons. The lowest BCUT2D eigenvalue weighted by Crippen LogP contribution is -2.14. The maximum atomic E-state index is 8.82. The average molecular weight is 186 g/mol. The number of aliphatic hydroxyl groups excluding tert-OH is 1. The highest BCUT2D eigenvalue weighted by molar-refractivity contribution is 6.31. The molecular weight excluding hydrogens is 174 g/mol. The second-order valence-electron chi connectivity index (χ2n) is 2.81. The monoisotopic (exact) mass is 185 g/mol. The number of rotatable bonds is 2. The smallest absolute Gasteiger partial charge is 0.0624 e. The van der Waals surface area contributed by atoms with Crippen molar-refractivity contribution < 1.29 is 5.11 Å². The van der Waals surface area contributed by atoms with Crippen molar-refractivity contribution in [3.05, 3.63) is 34.3 Å². The van der Waals surface area contributed by atoms with Gasteiger partial charge in [0.25, 0.3) is 0 Å². The first-order valence-corrected chi connectivity index (χ1v) is 4.15. The minimum atomic E-state index is -0.377. The van der Waals surface area contributed by atoms with Gasteiger partial charge in [-0.2, -0.15) is 0 Å². The van der Waals surface area contributed by atoms with Crippen LogP contribution in [0.1, 0.15) is 17.2 Å². The molecule has 0 aliphatic heterocycles. The van der Waals surface area contributed by atoms with E-state index >= 15 is 0 Å². The molecule has 0 spiro atoms. The standard InChI is InChI=1S/C9H12ClNO/c1-6-2-3-8(10)7(4-6)9(11)5-12/h2-4,9,12H,5,11H2,1H3/t9-/m0/s1. The van der Waals surface area contributed by atoms with Gasteiger partial charge < -0.3 is 10.8 Å². The van der Waals surface area contributed by atoms with Gasteiger partial charge in [0.2, 0.25) is 0 Å². The quantitative estimate of drug-likeness (QED) is 0.736. The Hall–Kier alpha value is -0.570. The van der Waals surface area contributed by atoms with Crippen molar-refractivity contribution in [3.8, 4) is 0 Å². The number of nitrogens with two attached hydrogens (primary N) is 1. The molecule has 0 fully saturated rings. The van der Waals surface area contributed by atoms with E-state index in [2.05, 4.69) is 0 Å². The number of hydrogen-bond donors (Lipinski definition) is 2. The van der Waals surface area contributed by atoms with Crippen molar-refractivity contribution in [1.82, 2.24) is 0 Å². The fourth-order valence-electron chi connectivity index (χ4n) is 1.05. The SMILES string of the molecule is Cc1ccc(Cl)c([C@@H](N)CO)c1. The molecule has 0 aromatic heterocycles. The van der Waals surface area contributed by atoms with E-state index in [1.165, 1.54) is 0 Å². The topological polar surface area (TPSA) is 46.2 Å². The maximum absolute atomic E-state index is 8.82. The van der Waals surface area contributed by atoms with E-state index < -0.39 is 0 Å². The summed E-state index contributed by atoms with van der Waals surface area (Å²) in [7, 11) is 0. The highest BCUT2D eigenvalue weighted by atomic mass is 35.5. The summed E-state index contributed by atoms with van der Waals surface area (Å²) >= 11 is 5.88. The van der Waals surface area contributed by atoms with Gasteiger partial charge in [0.05, 0.1) is 12.6 Å². The predicted molar refractivity (Wildman–Crippen MR) is 50.2 cm³/mol. The number of aryl methyl sites for hydroxylation is 1. The van der Waals surface area contributed by atoms with Gasteiger partial charge >= 0.3 is 0 Å². The Bertz CT molecular complexity index is 275. The molecule has 3 N–H and O–H groups in total. The molecule has 1 aromatic rings. The summed E-state index contributed by atoms with van der Waals surface area (Å²) in [6.45, 7) is 1.88. The van der Waals surface area contributed by atoms with Gasteiger partial charge in [0.15, 0.2) is 0 Å². The van der Waals surface area contributed by atoms with E-state index in [0.29, 0.717) is 5.02 Å². The summed E-state index contributed by atoms with van der Waals surface area (Å²) in [4.78, 5) is 0. The van der Waals surface area contributed by atoms with Crippen LogP contribution in [0.2, 0.25) is 5.02 Å². The van der Waals surface area contributed by atoms with Gasteiger partial charge in [-0.05, 0) is 18.6 Å². The van der Waals surface area contributed by atoms with Crippen LogP contribution in [-0.4, -0.2) is 11.7 Å². The molecule has 66 valence electrons. The molecule has 0 aliphatic rings. The Labute approximate surface area is 77.0 Å². The molecule has 1 rings (SSSR count). The van der Waals surface area contributed by atoms with Crippen molar-refractivity contribution in [3.63, 3.8) is 0 Å². The second kappa shape index (κ2) is 3.90. The van der Waals surface area contributed by atoms with Crippen molar-refractivity contribution in [1.29, 1.82) is 0 Å². The van der Waals surface area contributed by atoms with Gasteiger partial charge in [0.1, 0.15) is 0 Å². The highest BCUT2D eigenvalue weighted by Crippen LogP contribution is 2.22. The Morgan fingerprint density at radius 1 is 1.58 bits per heavy atom. The first-order chi connectivity index (χ1) is 5.65. The molecule has 0 amide bonds. The van der Waals surface area contributed by atoms with Gasteiger partial charge in [-0.25, -0.2) is 0 Å². The summed E-state index contributed by atoms with van der Waals surface area (Å²) in [6, 6.07) is 5.22. The fourth-order valence-corrected chi connectivity index (χ4v) is 1.30. The van der Waals surface area contributed by atoms with Crippen molar-refractivity contribution >= 4 is 11.6 Å². The largest absolute Gasteiger partial charge is 0.394 e. The molecule has 0 saturated carbocycles. The van der Waals surface area contributed by atoms with Crippen LogP contribution in [-0.2, 0) is 0 Å². The number of halogens is 1. The summed E-state index contributed by atoms with van der Waals surface area (Å²) in [5, 5.41) is 9.43. The van der Waals surface area contributed by atoms with E-state index in [9.17, 15) is 0 Å². The number of benzene rings is 1. The molecule has 3 heteroatoms. The van der Waals surface area contributed by atoms with Crippen LogP contribution in [0.25, 0.3) is 0 Å². The van der Waals surface area contributed by atoms with Gasteiger partial charge in [-0.15, -0.1) is 0 Å².